The van der Waals surface area contributed by atoms with Gasteiger partial charge in [-0.3, -0.25) is 9.69 Å². The predicted molar refractivity (Wildman–Crippen MR) is 146 cm³/mol. The van der Waals surface area contributed by atoms with Gasteiger partial charge in [0.05, 0.1) is 34.0 Å². The number of thiophene rings is 2. The molecule has 192 valence electrons. The van der Waals surface area contributed by atoms with Gasteiger partial charge in [-0.1, -0.05) is 11.6 Å². The van der Waals surface area contributed by atoms with Gasteiger partial charge in [-0.15, -0.1) is 22.7 Å². The van der Waals surface area contributed by atoms with Gasteiger partial charge in [0.25, 0.3) is 0 Å². The molecule has 3 aromatic heterocycles. The summed E-state index contributed by atoms with van der Waals surface area (Å²) in [4.78, 5) is 21.6. The molecule has 3 aliphatic rings. The zero-order chi connectivity index (χ0) is 24.6. The minimum atomic E-state index is -0.253. The molecule has 10 heteroatoms. The number of fused-ring (bicyclic) bond motifs is 3. The Labute approximate surface area is 223 Å². The number of pyridine rings is 1. The molecule has 6 rings (SSSR count). The maximum absolute atomic E-state index is 11.8. The molecule has 2 aliphatic carbocycles. The number of nitrogens with two attached hydrogens (primary N) is 1. The quantitative estimate of drug-likeness (QED) is 0.396. The molecule has 1 atom stereocenters. The number of aromatic nitrogens is 1. The smallest absolute Gasteiger partial charge is 0.218 e. The first-order chi connectivity index (χ1) is 17.5. The molecule has 1 amide bonds. The van der Waals surface area contributed by atoms with Crippen molar-refractivity contribution in [2.75, 3.05) is 31.6 Å². The fraction of sp³-hybridized carbons (Fsp3) is 0.538. The van der Waals surface area contributed by atoms with Gasteiger partial charge in [0.2, 0.25) is 5.91 Å². The van der Waals surface area contributed by atoms with Crippen molar-refractivity contribution in [3.8, 4) is 5.75 Å². The van der Waals surface area contributed by atoms with E-state index in [1.807, 2.05) is 18.2 Å². The fourth-order valence-electron chi connectivity index (χ4n) is 5.96. The van der Waals surface area contributed by atoms with E-state index in [2.05, 4.69) is 10.2 Å². The Bertz CT molecular complexity index is 1250. The number of nitrogens with zero attached hydrogens (tertiary/aromatic N) is 2. The lowest BCUT2D eigenvalue weighted by Gasteiger charge is -2.38. The number of hydrogen-bond acceptors (Lipinski definition) is 8. The van der Waals surface area contributed by atoms with E-state index in [1.165, 1.54) is 21.8 Å². The molecule has 2 fully saturated rings. The van der Waals surface area contributed by atoms with E-state index in [0.717, 1.165) is 95.9 Å². The number of carbonyl (C=O) groups excluding carboxylic acids is 1. The van der Waals surface area contributed by atoms with Crippen molar-refractivity contribution in [3.63, 3.8) is 0 Å². The van der Waals surface area contributed by atoms with Gasteiger partial charge in [-0.25, -0.2) is 4.98 Å². The normalized spacial score (nSPS) is 24.6. The molecule has 3 aromatic rings. The summed E-state index contributed by atoms with van der Waals surface area (Å²) in [5.74, 6) is 1.51. The van der Waals surface area contributed by atoms with E-state index in [9.17, 15) is 4.79 Å². The molecular weight excluding hydrogens is 516 g/mol. The number of carbonyl (C=O) groups is 1. The van der Waals surface area contributed by atoms with Crippen LogP contribution in [0, 0.1) is 0 Å². The molecule has 0 radical (unpaired) electrons. The summed E-state index contributed by atoms with van der Waals surface area (Å²) in [7, 11) is 0. The van der Waals surface area contributed by atoms with Crippen molar-refractivity contribution in [1.29, 1.82) is 0 Å². The van der Waals surface area contributed by atoms with Crippen LogP contribution in [0.5, 0.6) is 5.75 Å². The highest BCUT2D eigenvalue weighted by Gasteiger charge is 2.33. The van der Waals surface area contributed by atoms with E-state index >= 15 is 0 Å². The highest BCUT2D eigenvalue weighted by atomic mass is 35.5. The minimum absolute atomic E-state index is 0.141. The van der Waals surface area contributed by atoms with Crippen molar-refractivity contribution >= 4 is 61.2 Å². The Balaban J connectivity index is 1.28. The second kappa shape index (κ2) is 10.5. The van der Waals surface area contributed by atoms with Crippen LogP contribution >= 0.6 is 34.3 Å². The Hall–Kier alpha value is -1.91. The van der Waals surface area contributed by atoms with Gasteiger partial charge >= 0.3 is 0 Å². The van der Waals surface area contributed by atoms with Gasteiger partial charge in [-0.2, -0.15) is 0 Å². The summed E-state index contributed by atoms with van der Waals surface area (Å²) < 4.78 is 13.0. The molecule has 0 bridgehead atoms. The number of primary amides is 1. The molecular formula is C26H31ClN4O3S2. The number of halogens is 1. The SMILES string of the molecule is NC(=O)C[C@H]1CCc2sc3nc(Nc4ccc(Cl)s4)cc(O[C@H]4CC[C@H](N5CCOCC5)CC4)c3c21. The van der Waals surface area contributed by atoms with Crippen molar-refractivity contribution in [2.24, 2.45) is 5.73 Å². The van der Waals surface area contributed by atoms with Crippen molar-refractivity contribution in [2.45, 2.75) is 63.0 Å². The Morgan fingerprint density at radius 1 is 1.19 bits per heavy atom. The lowest BCUT2D eigenvalue weighted by molar-refractivity contribution is -0.118. The Morgan fingerprint density at radius 2 is 2.00 bits per heavy atom. The molecule has 3 N–H and O–H groups in total. The maximum atomic E-state index is 11.8. The molecule has 1 saturated carbocycles. The van der Waals surface area contributed by atoms with Gasteiger partial charge < -0.3 is 20.5 Å². The van der Waals surface area contributed by atoms with Crippen LogP contribution in [0.3, 0.4) is 0 Å². The number of rotatable bonds is 7. The van der Waals surface area contributed by atoms with Crippen LogP contribution in [0.25, 0.3) is 10.2 Å². The number of hydrogen-bond donors (Lipinski definition) is 2. The average Bonchev–Trinajstić information content (AvgIpc) is 3.56. The number of ether oxygens (including phenoxy) is 2. The number of amides is 1. The second-order valence-electron chi connectivity index (χ2n) is 9.96. The summed E-state index contributed by atoms with van der Waals surface area (Å²) >= 11 is 9.35. The molecule has 1 saturated heterocycles. The van der Waals surface area contributed by atoms with Crippen LogP contribution in [0.4, 0.5) is 10.8 Å². The zero-order valence-corrected chi connectivity index (χ0v) is 22.5. The molecule has 4 heterocycles. The molecule has 36 heavy (non-hydrogen) atoms. The Morgan fingerprint density at radius 3 is 2.72 bits per heavy atom. The largest absolute Gasteiger partial charge is 0.490 e. The zero-order valence-electron chi connectivity index (χ0n) is 20.1. The number of morpholine rings is 1. The van der Waals surface area contributed by atoms with Gasteiger partial charge in [0, 0.05) is 36.5 Å². The Kier molecular flexibility index (Phi) is 7.09. The van der Waals surface area contributed by atoms with Crippen molar-refractivity contribution < 1.29 is 14.3 Å². The molecule has 7 nitrogen and oxygen atoms in total. The fourth-order valence-corrected chi connectivity index (χ4v) is 8.20. The lowest BCUT2D eigenvalue weighted by Crippen LogP contribution is -2.46. The third kappa shape index (κ3) is 5.09. The van der Waals surface area contributed by atoms with Crippen LogP contribution in [0.15, 0.2) is 18.2 Å². The number of nitrogens with one attached hydrogen (secondary N) is 1. The molecule has 0 spiro atoms. The average molecular weight is 547 g/mol. The minimum Gasteiger partial charge on any atom is -0.490 e. The van der Waals surface area contributed by atoms with Crippen LogP contribution in [-0.2, 0) is 16.0 Å². The van der Waals surface area contributed by atoms with Crippen LogP contribution in [0.2, 0.25) is 4.34 Å². The van der Waals surface area contributed by atoms with Gasteiger partial charge in [0.15, 0.2) is 0 Å². The highest BCUT2D eigenvalue weighted by Crippen LogP contribution is 2.49. The first kappa shape index (κ1) is 24.4. The van der Waals surface area contributed by atoms with E-state index in [4.69, 9.17) is 31.8 Å². The lowest BCUT2D eigenvalue weighted by atomic mass is 9.91. The third-order valence-corrected chi connectivity index (χ3v) is 9.95. The van der Waals surface area contributed by atoms with Crippen molar-refractivity contribution in [1.82, 2.24) is 9.88 Å². The maximum Gasteiger partial charge on any atom is 0.218 e. The standard InChI is InChI=1S/C26H31ClN4O3S2/c27-20-7-8-23(36-20)29-22-14-18(34-17-4-2-16(3-5-17)31-9-11-33-12-10-31)25-24-15(13-21(28)32)1-6-19(24)35-26(25)30-22/h7-8,14-17H,1-6,9-13H2,(H2,28,32)(H,29,30)/t15-,16-,17-/m1/s1. The predicted octanol–water partition coefficient (Wildman–Crippen LogP) is 5.68. The van der Waals surface area contributed by atoms with E-state index < -0.39 is 0 Å². The van der Waals surface area contributed by atoms with Gasteiger partial charge in [0.1, 0.15) is 16.4 Å². The highest BCUT2D eigenvalue weighted by molar-refractivity contribution is 7.20. The topological polar surface area (TPSA) is 89.7 Å². The number of anilines is 2. The molecule has 0 aromatic carbocycles. The molecule has 1 aliphatic heterocycles. The summed E-state index contributed by atoms with van der Waals surface area (Å²) in [6, 6.07) is 6.49. The van der Waals surface area contributed by atoms with Crippen LogP contribution < -0.4 is 15.8 Å². The van der Waals surface area contributed by atoms with Crippen LogP contribution in [-0.4, -0.2) is 54.2 Å². The van der Waals surface area contributed by atoms with E-state index in [-0.39, 0.29) is 17.9 Å². The summed E-state index contributed by atoms with van der Waals surface area (Å²) in [6.45, 7) is 3.75. The molecule has 0 unspecified atom stereocenters. The first-order valence-electron chi connectivity index (χ1n) is 12.8. The summed E-state index contributed by atoms with van der Waals surface area (Å²) in [6.07, 6.45) is 6.81. The van der Waals surface area contributed by atoms with Gasteiger partial charge in [-0.05, 0) is 62.1 Å². The summed E-state index contributed by atoms with van der Waals surface area (Å²) in [5.41, 5.74) is 6.83. The van der Waals surface area contributed by atoms with E-state index in [1.54, 1.807) is 11.3 Å². The van der Waals surface area contributed by atoms with Crippen LogP contribution in [0.1, 0.15) is 54.9 Å². The van der Waals surface area contributed by atoms with E-state index in [0.29, 0.717) is 12.5 Å². The first-order valence-corrected chi connectivity index (χ1v) is 14.8. The second-order valence-corrected chi connectivity index (χ2v) is 12.8. The summed E-state index contributed by atoms with van der Waals surface area (Å²) in [5, 5.41) is 5.43. The monoisotopic (exact) mass is 546 g/mol. The third-order valence-electron chi connectivity index (χ3n) is 7.64. The van der Waals surface area contributed by atoms with Crippen molar-refractivity contribution in [3.05, 3.63) is 33.0 Å². The number of aryl methyl sites for hydroxylation is 1.